The van der Waals surface area contributed by atoms with E-state index in [0.29, 0.717) is 5.39 Å². The van der Waals surface area contributed by atoms with Crippen molar-refractivity contribution in [3.63, 3.8) is 0 Å². The number of hydrogen-bond donors (Lipinski definition) is 1. The predicted molar refractivity (Wildman–Crippen MR) is 86.9 cm³/mol. The molecule has 0 fully saturated rings. The number of aromatic nitrogens is 1. The average Bonchev–Trinajstić information content (AvgIpc) is 2.48. The molecule has 0 aliphatic carbocycles. The molecule has 1 heterocycles. The van der Waals surface area contributed by atoms with Crippen LogP contribution < -0.4 is 5.73 Å². The minimum absolute atomic E-state index is 0.226. The van der Waals surface area contributed by atoms with Gasteiger partial charge in [0.25, 0.3) is 0 Å². The van der Waals surface area contributed by atoms with Crippen molar-refractivity contribution in [2.45, 2.75) is 17.6 Å². The number of thioether (sulfide) groups is 1. The summed E-state index contributed by atoms with van der Waals surface area (Å²) in [5, 5.41) is 0.574. The van der Waals surface area contributed by atoms with E-state index in [-0.39, 0.29) is 5.82 Å². The van der Waals surface area contributed by atoms with E-state index in [2.05, 4.69) is 4.98 Å². The molecule has 0 amide bonds. The number of pyridine rings is 1. The van der Waals surface area contributed by atoms with Crippen LogP contribution in [0.1, 0.15) is 11.1 Å². The first-order chi connectivity index (χ1) is 10.1. The molecule has 3 aromatic rings. The highest BCUT2D eigenvalue weighted by Gasteiger charge is 2.08. The molecule has 0 aliphatic heterocycles. The van der Waals surface area contributed by atoms with Crippen LogP contribution in [-0.4, -0.2) is 4.98 Å². The fourth-order valence-electron chi connectivity index (χ4n) is 2.30. The summed E-state index contributed by atoms with van der Waals surface area (Å²) in [6.07, 6.45) is 1.70. The van der Waals surface area contributed by atoms with Gasteiger partial charge in [0, 0.05) is 27.9 Å². The molecular formula is C17H15FN2S. The van der Waals surface area contributed by atoms with E-state index in [1.165, 1.54) is 11.0 Å². The lowest BCUT2D eigenvalue weighted by Gasteiger charge is -2.09. The zero-order chi connectivity index (χ0) is 14.8. The number of nitrogens with zero attached hydrogens (tertiary/aromatic N) is 1. The van der Waals surface area contributed by atoms with E-state index in [9.17, 15) is 4.39 Å². The third-order valence-electron chi connectivity index (χ3n) is 3.38. The number of anilines is 1. The van der Waals surface area contributed by atoms with Crippen LogP contribution in [-0.2, 0) is 5.75 Å². The maximum atomic E-state index is 13.8. The number of fused-ring (bicyclic) bond motifs is 1. The van der Waals surface area contributed by atoms with E-state index in [4.69, 9.17) is 5.73 Å². The first-order valence-electron chi connectivity index (χ1n) is 6.66. The van der Waals surface area contributed by atoms with Crippen molar-refractivity contribution in [1.82, 2.24) is 4.98 Å². The van der Waals surface area contributed by atoms with Crippen molar-refractivity contribution in [2.75, 3.05) is 5.73 Å². The molecular weight excluding hydrogens is 283 g/mol. The average molecular weight is 298 g/mol. The molecule has 0 saturated carbocycles. The normalized spacial score (nSPS) is 11.0. The molecule has 0 spiro atoms. The van der Waals surface area contributed by atoms with Crippen molar-refractivity contribution in [3.05, 3.63) is 65.6 Å². The predicted octanol–water partition coefficient (Wildman–Crippen LogP) is 4.56. The highest BCUT2D eigenvalue weighted by atomic mass is 32.2. The number of benzene rings is 2. The Kier molecular flexibility index (Phi) is 3.80. The first kappa shape index (κ1) is 13.9. The topological polar surface area (TPSA) is 38.9 Å². The highest BCUT2D eigenvalue weighted by molar-refractivity contribution is 7.98. The Bertz CT molecular complexity index is 802. The lowest BCUT2D eigenvalue weighted by molar-refractivity contribution is 0.639. The summed E-state index contributed by atoms with van der Waals surface area (Å²) in [6.45, 7) is 2.04. The number of hydrogen-bond acceptors (Lipinski definition) is 3. The van der Waals surface area contributed by atoms with Crippen LogP contribution in [0.15, 0.2) is 53.6 Å². The molecule has 21 heavy (non-hydrogen) atoms. The van der Waals surface area contributed by atoms with E-state index >= 15 is 0 Å². The summed E-state index contributed by atoms with van der Waals surface area (Å²) >= 11 is 1.71. The van der Waals surface area contributed by atoms with Crippen molar-refractivity contribution in [3.8, 4) is 0 Å². The molecule has 4 heteroatoms. The van der Waals surface area contributed by atoms with Gasteiger partial charge in [0.15, 0.2) is 0 Å². The zero-order valence-electron chi connectivity index (χ0n) is 11.6. The zero-order valence-corrected chi connectivity index (χ0v) is 12.5. The molecule has 3 rings (SSSR count). The second kappa shape index (κ2) is 5.74. The van der Waals surface area contributed by atoms with Gasteiger partial charge in [-0.25, -0.2) is 4.39 Å². The molecule has 2 N–H and O–H groups in total. The number of aryl methyl sites for hydroxylation is 1. The molecule has 0 saturated heterocycles. The van der Waals surface area contributed by atoms with Crippen LogP contribution in [0.4, 0.5) is 10.1 Å². The largest absolute Gasteiger partial charge is 0.399 e. The minimum atomic E-state index is -0.226. The second-order valence-electron chi connectivity index (χ2n) is 4.92. The van der Waals surface area contributed by atoms with E-state index in [1.807, 2.05) is 31.2 Å². The minimum Gasteiger partial charge on any atom is -0.399 e. The molecule has 0 radical (unpaired) electrons. The Morgan fingerprint density at radius 1 is 1.19 bits per heavy atom. The van der Waals surface area contributed by atoms with Crippen molar-refractivity contribution in [1.29, 1.82) is 0 Å². The van der Waals surface area contributed by atoms with Crippen molar-refractivity contribution in [2.24, 2.45) is 0 Å². The Morgan fingerprint density at radius 2 is 2.05 bits per heavy atom. The maximum absolute atomic E-state index is 13.8. The van der Waals surface area contributed by atoms with E-state index < -0.39 is 0 Å². The molecule has 1 aromatic heterocycles. The number of nitrogen functional groups attached to an aromatic ring is 1. The summed E-state index contributed by atoms with van der Waals surface area (Å²) in [5.41, 5.74) is 9.46. The SMILES string of the molecule is Cc1cc(N)ccc1SCc1ccc(F)c2cccnc12. The van der Waals surface area contributed by atoms with Crippen LogP contribution in [0.2, 0.25) is 0 Å². The van der Waals surface area contributed by atoms with Gasteiger partial charge in [-0.2, -0.15) is 0 Å². The molecule has 0 atom stereocenters. The van der Waals surface area contributed by atoms with Crippen molar-refractivity contribution >= 4 is 28.4 Å². The Morgan fingerprint density at radius 3 is 2.86 bits per heavy atom. The first-order valence-corrected chi connectivity index (χ1v) is 7.65. The van der Waals surface area contributed by atoms with Gasteiger partial charge in [0.2, 0.25) is 0 Å². The summed E-state index contributed by atoms with van der Waals surface area (Å²) in [5.74, 6) is 0.522. The molecule has 2 aromatic carbocycles. The van der Waals surface area contributed by atoms with Gasteiger partial charge in [0.1, 0.15) is 5.82 Å². The van der Waals surface area contributed by atoms with Gasteiger partial charge in [-0.3, -0.25) is 4.98 Å². The Hall–Kier alpha value is -2.07. The summed E-state index contributed by atoms with van der Waals surface area (Å²) in [7, 11) is 0. The third-order valence-corrected chi connectivity index (χ3v) is 4.61. The summed E-state index contributed by atoms with van der Waals surface area (Å²) < 4.78 is 13.8. The van der Waals surface area contributed by atoms with Gasteiger partial charge < -0.3 is 5.73 Å². The maximum Gasteiger partial charge on any atom is 0.132 e. The second-order valence-corrected chi connectivity index (χ2v) is 5.94. The molecule has 0 unspecified atom stereocenters. The van der Waals surface area contributed by atoms with Crippen LogP contribution in [0, 0.1) is 12.7 Å². The summed E-state index contributed by atoms with van der Waals surface area (Å²) in [4.78, 5) is 5.50. The number of nitrogens with two attached hydrogens (primary N) is 1. The van der Waals surface area contributed by atoms with Gasteiger partial charge in [-0.05, 0) is 54.4 Å². The summed E-state index contributed by atoms with van der Waals surface area (Å²) in [6, 6.07) is 12.7. The molecule has 0 bridgehead atoms. The lowest BCUT2D eigenvalue weighted by Crippen LogP contribution is -1.91. The molecule has 2 nitrogen and oxygen atoms in total. The third kappa shape index (κ3) is 2.85. The van der Waals surface area contributed by atoms with Crippen LogP contribution in [0.5, 0.6) is 0 Å². The monoisotopic (exact) mass is 298 g/mol. The van der Waals surface area contributed by atoms with Gasteiger partial charge >= 0.3 is 0 Å². The van der Waals surface area contributed by atoms with E-state index in [1.54, 1.807) is 30.1 Å². The quantitative estimate of drug-likeness (QED) is 0.569. The fraction of sp³-hybridized carbons (Fsp3) is 0.118. The molecule has 0 aliphatic rings. The van der Waals surface area contributed by atoms with Crippen LogP contribution in [0.25, 0.3) is 10.9 Å². The van der Waals surface area contributed by atoms with Crippen LogP contribution in [0.3, 0.4) is 0 Å². The fourth-order valence-corrected chi connectivity index (χ4v) is 3.30. The Labute approximate surface area is 127 Å². The number of rotatable bonds is 3. The smallest absolute Gasteiger partial charge is 0.132 e. The van der Waals surface area contributed by atoms with Gasteiger partial charge in [-0.15, -0.1) is 11.8 Å². The van der Waals surface area contributed by atoms with E-state index in [0.717, 1.165) is 28.1 Å². The van der Waals surface area contributed by atoms with Crippen molar-refractivity contribution < 1.29 is 4.39 Å². The highest BCUT2D eigenvalue weighted by Crippen LogP contribution is 2.30. The van der Waals surface area contributed by atoms with Crippen LogP contribution >= 0.6 is 11.8 Å². The molecule has 106 valence electrons. The van der Waals surface area contributed by atoms with Gasteiger partial charge in [0.05, 0.1) is 5.52 Å². The van der Waals surface area contributed by atoms with Gasteiger partial charge in [-0.1, -0.05) is 6.07 Å². The Balaban J connectivity index is 1.90. The standard InChI is InChI=1S/C17H15FN2S/c1-11-9-13(19)5-7-16(11)21-10-12-4-6-15(18)14-3-2-8-20-17(12)14/h2-9H,10,19H2,1H3. The lowest BCUT2D eigenvalue weighted by atomic mass is 10.1. The number of halogens is 1.